The van der Waals surface area contributed by atoms with Gasteiger partial charge in [0.1, 0.15) is 6.61 Å². The normalized spacial score (nSPS) is 13.6. The molecule has 1 aliphatic rings. The lowest BCUT2D eigenvalue weighted by Crippen LogP contribution is -2.11. The van der Waals surface area contributed by atoms with Gasteiger partial charge in [-0.2, -0.15) is 0 Å². The van der Waals surface area contributed by atoms with Crippen LogP contribution in [-0.4, -0.2) is 30.2 Å². The quantitative estimate of drug-likeness (QED) is 0.360. The Balaban J connectivity index is 1.54. The summed E-state index contributed by atoms with van der Waals surface area (Å²) >= 11 is 0. The Hall–Kier alpha value is -4.19. The molecule has 0 atom stereocenters. The van der Waals surface area contributed by atoms with Crippen molar-refractivity contribution in [2.24, 2.45) is 0 Å². The van der Waals surface area contributed by atoms with E-state index >= 15 is 0 Å². The smallest absolute Gasteiger partial charge is 0.339 e. The maximum Gasteiger partial charge on any atom is 0.339 e. The first kappa shape index (κ1) is 21.6. The van der Waals surface area contributed by atoms with Crippen LogP contribution in [0.2, 0.25) is 0 Å². The van der Waals surface area contributed by atoms with Gasteiger partial charge >= 0.3 is 5.97 Å². The molecule has 0 saturated carbocycles. The molecule has 0 saturated heterocycles. The summed E-state index contributed by atoms with van der Waals surface area (Å²) in [4.78, 5) is 22.5. The Kier molecular flexibility index (Phi) is 5.95. The molecule has 0 N–H and O–H groups in total. The molecule has 170 valence electrons. The molecular formula is C28H24N2O4. The van der Waals surface area contributed by atoms with Gasteiger partial charge in [-0.15, -0.1) is 0 Å². The van der Waals surface area contributed by atoms with Crippen molar-refractivity contribution in [2.45, 2.75) is 19.4 Å². The molecule has 0 aliphatic heterocycles. The third-order valence-electron chi connectivity index (χ3n) is 5.97. The molecule has 0 radical (unpaired) electrons. The molecule has 4 aromatic rings. The summed E-state index contributed by atoms with van der Waals surface area (Å²) in [6, 6.07) is 19.1. The van der Waals surface area contributed by atoms with E-state index in [1.165, 1.54) is 0 Å². The molecule has 1 aliphatic carbocycles. The fourth-order valence-electron chi connectivity index (χ4n) is 4.35. The monoisotopic (exact) mass is 452 g/mol. The number of carbonyl (C=O) groups excluding carboxylic acids is 1. The molecule has 6 heteroatoms. The van der Waals surface area contributed by atoms with E-state index in [1.54, 1.807) is 20.4 Å². The Morgan fingerprint density at radius 1 is 0.971 bits per heavy atom. The van der Waals surface area contributed by atoms with Gasteiger partial charge in [0.05, 0.1) is 36.7 Å². The van der Waals surface area contributed by atoms with Crippen LogP contribution in [0.4, 0.5) is 0 Å². The van der Waals surface area contributed by atoms with Crippen LogP contribution >= 0.6 is 0 Å². The van der Waals surface area contributed by atoms with Crippen LogP contribution in [0.3, 0.4) is 0 Å². The van der Waals surface area contributed by atoms with E-state index in [1.807, 2.05) is 60.7 Å². The highest BCUT2D eigenvalue weighted by Crippen LogP contribution is 2.38. The van der Waals surface area contributed by atoms with E-state index < -0.39 is 0 Å². The fraction of sp³-hybridized carbons (Fsp3) is 0.179. The third kappa shape index (κ3) is 4.10. The molecule has 2 heterocycles. The maximum absolute atomic E-state index is 13.3. The number of para-hydroxylation sites is 1. The molecular weight excluding hydrogens is 428 g/mol. The predicted octanol–water partition coefficient (Wildman–Crippen LogP) is 5.49. The second-order valence-corrected chi connectivity index (χ2v) is 8.01. The van der Waals surface area contributed by atoms with Gasteiger partial charge < -0.3 is 14.2 Å². The van der Waals surface area contributed by atoms with Gasteiger partial charge in [-0.3, -0.25) is 4.98 Å². The van der Waals surface area contributed by atoms with Crippen LogP contribution in [0.1, 0.15) is 39.3 Å². The summed E-state index contributed by atoms with van der Waals surface area (Å²) in [5, 5.41) is 0.805. The third-order valence-corrected chi connectivity index (χ3v) is 5.97. The van der Waals surface area contributed by atoms with Crippen molar-refractivity contribution in [3.05, 3.63) is 94.9 Å². The largest absolute Gasteiger partial charge is 0.493 e. The minimum atomic E-state index is -0.354. The first-order valence-electron chi connectivity index (χ1n) is 11.1. The zero-order valence-corrected chi connectivity index (χ0v) is 19.1. The number of hydrogen-bond acceptors (Lipinski definition) is 6. The predicted molar refractivity (Wildman–Crippen MR) is 131 cm³/mol. The van der Waals surface area contributed by atoms with Gasteiger partial charge in [0.2, 0.25) is 0 Å². The van der Waals surface area contributed by atoms with Crippen LogP contribution in [0.15, 0.2) is 66.9 Å². The minimum absolute atomic E-state index is 0.124. The van der Waals surface area contributed by atoms with Crippen molar-refractivity contribution in [3.63, 3.8) is 0 Å². The molecule has 34 heavy (non-hydrogen) atoms. The fourth-order valence-corrected chi connectivity index (χ4v) is 4.35. The molecule has 0 unspecified atom stereocenters. The SMILES string of the molecule is COc1ccc(/C=C2\CCc3c2nc2ccccc2c3C(=O)OCc2ccccn2)cc1OC. The zero-order valence-electron chi connectivity index (χ0n) is 19.1. The van der Waals surface area contributed by atoms with Gasteiger partial charge in [0.25, 0.3) is 0 Å². The summed E-state index contributed by atoms with van der Waals surface area (Å²) < 4.78 is 16.5. The van der Waals surface area contributed by atoms with E-state index in [-0.39, 0.29) is 12.6 Å². The number of ether oxygens (including phenoxy) is 3. The number of carbonyl (C=O) groups is 1. The van der Waals surface area contributed by atoms with Crippen molar-refractivity contribution >= 4 is 28.5 Å². The van der Waals surface area contributed by atoms with Gasteiger partial charge in [0.15, 0.2) is 11.5 Å². The molecule has 0 fully saturated rings. The molecule has 0 spiro atoms. The summed E-state index contributed by atoms with van der Waals surface area (Å²) in [7, 11) is 3.24. The van der Waals surface area contributed by atoms with Gasteiger partial charge in [-0.05, 0) is 65.9 Å². The van der Waals surface area contributed by atoms with Crippen LogP contribution in [0, 0.1) is 0 Å². The zero-order chi connectivity index (χ0) is 23.5. The maximum atomic E-state index is 13.3. The average molecular weight is 453 g/mol. The van der Waals surface area contributed by atoms with E-state index in [0.717, 1.165) is 46.1 Å². The lowest BCUT2D eigenvalue weighted by molar-refractivity contribution is 0.0469. The number of rotatable bonds is 6. The molecule has 0 amide bonds. The minimum Gasteiger partial charge on any atom is -0.493 e. The number of esters is 1. The number of allylic oxidation sites excluding steroid dienone is 1. The van der Waals surface area contributed by atoms with E-state index in [0.29, 0.717) is 22.8 Å². The van der Waals surface area contributed by atoms with Gasteiger partial charge in [0, 0.05) is 11.6 Å². The molecule has 6 nitrogen and oxygen atoms in total. The summed E-state index contributed by atoms with van der Waals surface area (Å²) in [5.74, 6) is 0.992. The topological polar surface area (TPSA) is 70.5 Å². The Morgan fingerprint density at radius 3 is 2.59 bits per heavy atom. The van der Waals surface area contributed by atoms with Crippen molar-refractivity contribution in [1.29, 1.82) is 0 Å². The standard InChI is InChI=1S/C28H24N2O4/c1-32-24-13-10-18(16-25(24)33-2)15-19-11-12-22-26(21-8-3-4-9-23(21)30-27(19)22)28(31)34-17-20-7-5-6-14-29-20/h3-10,13-16H,11-12,17H2,1-2H3/b19-15+. The lowest BCUT2D eigenvalue weighted by atomic mass is 10.0. The Morgan fingerprint density at radius 2 is 1.79 bits per heavy atom. The van der Waals surface area contributed by atoms with Gasteiger partial charge in [-0.1, -0.05) is 30.3 Å². The van der Waals surface area contributed by atoms with Crippen LogP contribution in [0.25, 0.3) is 22.6 Å². The van der Waals surface area contributed by atoms with Crippen molar-refractivity contribution < 1.29 is 19.0 Å². The summed E-state index contributed by atoms with van der Waals surface area (Å²) in [6.07, 6.45) is 5.29. The van der Waals surface area contributed by atoms with Gasteiger partial charge in [-0.25, -0.2) is 9.78 Å². The lowest BCUT2D eigenvalue weighted by Gasteiger charge is -2.12. The second-order valence-electron chi connectivity index (χ2n) is 8.01. The van der Waals surface area contributed by atoms with E-state index in [4.69, 9.17) is 19.2 Å². The van der Waals surface area contributed by atoms with Crippen LogP contribution < -0.4 is 9.47 Å². The van der Waals surface area contributed by atoms with E-state index in [9.17, 15) is 4.79 Å². The van der Waals surface area contributed by atoms with Crippen molar-refractivity contribution in [2.75, 3.05) is 14.2 Å². The van der Waals surface area contributed by atoms with Crippen molar-refractivity contribution in [1.82, 2.24) is 9.97 Å². The first-order valence-corrected chi connectivity index (χ1v) is 11.1. The number of methoxy groups -OCH3 is 2. The molecule has 2 aromatic heterocycles. The summed E-state index contributed by atoms with van der Waals surface area (Å²) in [5.41, 5.74) is 5.90. The van der Waals surface area contributed by atoms with Crippen LogP contribution in [-0.2, 0) is 17.8 Å². The number of hydrogen-bond donors (Lipinski definition) is 0. The molecule has 0 bridgehead atoms. The number of pyridine rings is 2. The summed E-state index contributed by atoms with van der Waals surface area (Å²) in [6.45, 7) is 0.124. The van der Waals surface area contributed by atoms with Crippen molar-refractivity contribution in [3.8, 4) is 11.5 Å². The highest BCUT2D eigenvalue weighted by Gasteiger charge is 2.27. The first-order chi connectivity index (χ1) is 16.7. The number of nitrogens with zero attached hydrogens (tertiary/aromatic N) is 2. The van der Waals surface area contributed by atoms with E-state index in [2.05, 4.69) is 11.1 Å². The number of fused-ring (bicyclic) bond motifs is 2. The molecule has 5 rings (SSSR count). The number of aromatic nitrogens is 2. The molecule has 2 aromatic carbocycles. The Bertz CT molecular complexity index is 1400. The highest BCUT2D eigenvalue weighted by atomic mass is 16.5. The Labute approximate surface area is 197 Å². The second kappa shape index (κ2) is 9.35. The highest BCUT2D eigenvalue weighted by molar-refractivity contribution is 6.07. The number of benzene rings is 2. The van der Waals surface area contributed by atoms with Crippen LogP contribution in [0.5, 0.6) is 11.5 Å². The average Bonchev–Trinajstić information content (AvgIpc) is 3.28.